The number of ether oxygens (including phenoxy) is 1. The van der Waals surface area contributed by atoms with Crippen molar-refractivity contribution in [2.45, 2.75) is 39.3 Å². The van der Waals surface area contributed by atoms with Crippen LogP contribution in [0.25, 0.3) is 0 Å². The summed E-state index contributed by atoms with van der Waals surface area (Å²) in [6.45, 7) is 7.96. The molecule has 0 aromatic carbocycles. The first-order chi connectivity index (χ1) is 9.69. The van der Waals surface area contributed by atoms with Gasteiger partial charge in [0.1, 0.15) is 5.82 Å². The number of aromatic nitrogens is 2. The molecule has 1 aromatic heterocycles. The molecule has 5 nitrogen and oxygen atoms in total. The molecule has 1 atom stereocenters. The van der Waals surface area contributed by atoms with Crippen molar-refractivity contribution in [2.24, 2.45) is 5.92 Å². The van der Waals surface area contributed by atoms with E-state index in [-0.39, 0.29) is 0 Å². The smallest absolute Gasteiger partial charge is 0.147 e. The van der Waals surface area contributed by atoms with Gasteiger partial charge in [0, 0.05) is 39.0 Å². The van der Waals surface area contributed by atoms with Gasteiger partial charge in [0.15, 0.2) is 0 Å². The summed E-state index contributed by atoms with van der Waals surface area (Å²) in [4.78, 5) is 11.4. The lowest BCUT2D eigenvalue weighted by molar-refractivity contribution is 0.143. The molecule has 1 aliphatic heterocycles. The summed E-state index contributed by atoms with van der Waals surface area (Å²) in [6, 6.07) is 0.460. The first kappa shape index (κ1) is 15.2. The Morgan fingerprint density at radius 1 is 1.45 bits per heavy atom. The van der Waals surface area contributed by atoms with E-state index in [0.29, 0.717) is 12.0 Å². The van der Waals surface area contributed by atoms with Crippen LogP contribution < -0.4 is 10.2 Å². The van der Waals surface area contributed by atoms with E-state index >= 15 is 0 Å². The average Bonchev–Trinajstić information content (AvgIpc) is 2.46. The Kier molecular flexibility index (Phi) is 5.73. The van der Waals surface area contributed by atoms with Crippen molar-refractivity contribution in [1.29, 1.82) is 0 Å². The van der Waals surface area contributed by atoms with Crippen LogP contribution in [0.5, 0.6) is 0 Å². The lowest BCUT2D eigenvalue weighted by Crippen LogP contribution is -2.37. The Morgan fingerprint density at radius 3 is 3.05 bits per heavy atom. The second-order valence-corrected chi connectivity index (χ2v) is 5.81. The van der Waals surface area contributed by atoms with Gasteiger partial charge < -0.3 is 15.0 Å². The number of anilines is 1. The third-order valence-corrected chi connectivity index (χ3v) is 3.61. The quantitative estimate of drug-likeness (QED) is 0.860. The molecule has 1 N–H and O–H groups in total. The third kappa shape index (κ3) is 4.42. The van der Waals surface area contributed by atoms with E-state index in [1.54, 1.807) is 7.11 Å². The molecule has 0 radical (unpaired) electrons. The highest BCUT2D eigenvalue weighted by molar-refractivity contribution is 5.37. The summed E-state index contributed by atoms with van der Waals surface area (Å²) in [7, 11) is 1.77. The summed E-state index contributed by atoms with van der Waals surface area (Å²) in [5, 5.41) is 3.38. The molecule has 2 rings (SSSR count). The largest absolute Gasteiger partial charge is 0.384 e. The highest BCUT2D eigenvalue weighted by Crippen LogP contribution is 2.21. The van der Waals surface area contributed by atoms with Crippen LogP contribution in [0.3, 0.4) is 0 Å². The molecule has 0 amide bonds. The zero-order chi connectivity index (χ0) is 14.4. The second-order valence-electron chi connectivity index (χ2n) is 5.81. The summed E-state index contributed by atoms with van der Waals surface area (Å²) in [5.74, 6) is 1.60. The van der Waals surface area contributed by atoms with Crippen LogP contribution in [-0.4, -0.2) is 42.8 Å². The van der Waals surface area contributed by atoms with Crippen molar-refractivity contribution in [1.82, 2.24) is 15.3 Å². The van der Waals surface area contributed by atoms with Gasteiger partial charge >= 0.3 is 0 Å². The lowest BCUT2D eigenvalue weighted by Gasteiger charge is -2.33. The van der Waals surface area contributed by atoms with Crippen molar-refractivity contribution >= 4 is 5.82 Å². The Bertz CT molecular complexity index is 409. The number of hydrogen-bond donors (Lipinski definition) is 1. The van der Waals surface area contributed by atoms with Gasteiger partial charge in [-0.2, -0.15) is 0 Å². The molecule has 1 aliphatic rings. The lowest BCUT2D eigenvalue weighted by atomic mass is 9.99. The maximum Gasteiger partial charge on any atom is 0.147 e. The van der Waals surface area contributed by atoms with Crippen LogP contribution in [-0.2, 0) is 11.3 Å². The Hall–Kier alpha value is -1.20. The number of nitrogens with one attached hydrogen (secondary N) is 1. The molecule has 20 heavy (non-hydrogen) atoms. The molecule has 1 fully saturated rings. The van der Waals surface area contributed by atoms with Gasteiger partial charge in [0.25, 0.3) is 0 Å². The number of piperidine rings is 1. The Morgan fingerprint density at radius 2 is 2.30 bits per heavy atom. The van der Waals surface area contributed by atoms with Gasteiger partial charge in [-0.3, -0.25) is 4.98 Å². The summed E-state index contributed by atoms with van der Waals surface area (Å²) < 4.78 is 5.28. The number of nitrogens with zero attached hydrogens (tertiary/aromatic N) is 3. The summed E-state index contributed by atoms with van der Waals surface area (Å²) in [6.07, 6.45) is 6.15. The van der Waals surface area contributed by atoms with E-state index < -0.39 is 0 Å². The highest BCUT2D eigenvalue weighted by atomic mass is 16.5. The van der Waals surface area contributed by atoms with Gasteiger partial charge in [-0.15, -0.1) is 0 Å². The maximum absolute atomic E-state index is 5.28. The first-order valence-corrected chi connectivity index (χ1v) is 7.47. The minimum Gasteiger partial charge on any atom is -0.384 e. The van der Waals surface area contributed by atoms with E-state index in [9.17, 15) is 0 Å². The molecule has 5 heteroatoms. The molecular formula is C15H26N4O. The molecular weight excluding hydrogens is 252 g/mol. The fourth-order valence-electron chi connectivity index (χ4n) is 2.59. The maximum atomic E-state index is 5.28. The Balaban J connectivity index is 1.98. The van der Waals surface area contributed by atoms with E-state index in [0.717, 1.165) is 37.8 Å². The predicted octanol–water partition coefficient (Wildman–Crippen LogP) is 1.84. The van der Waals surface area contributed by atoms with Crippen molar-refractivity contribution in [3.63, 3.8) is 0 Å². The molecule has 0 aliphatic carbocycles. The van der Waals surface area contributed by atoms with Gasteiger partial charge in [-0.1, -0.05) is 13.8 Å². The predicted molar refractivity (Wildman–Crippen MR) is 80.8 cm³/mol. The SMILES string of the molecule is COCC1CCCN(c2cncc(CNC(C)C)n2)C1. The standard InChI is InChI=1S/C15H26N4O/c1-12(2)17-8-14-7-16-9-15(18-14)19-6-4-5-13(10-19)11-20-3/h7,9,12-13,17H,4-6,8,10-11H2,1-3H3. The van der Waals surface area contributed by atoms with Gasteiger partial charge in [-0.05, 0) is 18.8 Å². The van der Waals surface area contributed by atoms with Crippen molar-refractivity contribution in [2.75, 3.05) is 31.7 Å². The van der Waals surface area contributed by atoms with Crippen LogP contribution >= 0.6 is 0 Å². The normalized spacial score (nSPS) is 19.6. The highest BCUT2D eigenvalue weighted by Gasteiger charge is 2.21. The second kappa shape index (κ2) is 7.55. The number of methoxy groups -OCH3 is 1. The van der Waals surface area contributed by atoms with Crippen molar-refractivity contribution in [3.05, 3.63) is 18.1 Å². The monoisotopic (exact) mass is 278 g/mol. The van der Waals surface area contributed by atoms with Crippen molar-refractivity contribution < 1.29 is 4.74 Å². The fourth-order valence-corrected chi connectivity index (χ4v) is 2.59. The molecule has 112 valence electrons. The van der Waals surface area contributed by atoms with E-state index in [1.165, 1.54) is 12.8 Å². The molecule has 2 heterocycles. The molecule has 1 aromatic rings. The van der Waals surface area contributed by atoms with E-state index in [2.05, 4.69) is 29.0 Å². The zero-order valence-corrected chi connectivity index (χ0v) is 12.8. The van der Waals surface area contributed by atoms with Crippen LogP contribution in [0.15, 0.2) is 12.4 Å². The van der Waals surface area contributed by atoms with E-state index in [4.69, 9.17) is 9.72 Å². The topological polar surface area (TPSA) is 50.3 Å². The van der Waals surface area contributed by atoms with Crippen LogP contribution in [0.2, 0.25) is 0 Å². The summed E-state index contributed by atoms with van der Waals surface area (Å²) in [5.41, 5.74) is 1.00. The van der Waals surface area contributed by atoms with Crippen LogP contribution in [0.4, 0.5) is 5.82 Å². The van der Waals surface area contributed by atoms with Gasteiger partial charge in [0.05, 0.1) is 18.5 Å². The number of hydrogen-bond acceptors (Lipinski definition) is 5. The van der Waals surface area contributed by atoms with Gasteiger partial charge in [-0.25, -0.2) is 4.98 Å². The van der Waals surface area contributed by atoms with Gasteiger partial charge in [0.2, 0.25) is 0 Å². The minimum atomic E-state index is 0.460. The van der Waals surface area contributed by atoms with Crippen LogP contribution in [0.1, 0.15) is 32.4 Å². The third-order valence-electron chi connectivity index (χ3n) is 3.61. The molecule has 0 bridgehead atoms. The molecule has 0 saturated carbocycles. The minimum absolute atomic E-state index is 0.460. The Labute approximate surface area is 121 Å². The fraction of sp³-hybridized carbons (Fsp3) is 0.733. The number of rotatable bonds is 6. The van der Waals surface area contributed by atoms with E-state index in [1.807, 2.05) is 12.4 Å². The van der Waals surface area contributed by atoms with Crippen LogP contribution in [0, 0.1) is 5.92 Å². The summed E-state index contributed by atoms with van der Waals surface area (Å²) >= 11 is 0. The van der Waals surface area contributed by atoms with Crippen molar-refractivity contribution in [3.8, 4) is 0 Å². The average molecular weight is 278 g/mol. The zero-order valence-electron chi connectivity index (χ0n) is 12.8. The molecule has 1 saturated heterocycles. The first-order valence-electron chi connectivity index (χ1n) is 7.47. The molecule has 1 unspecified atom stereocenters. The molecule has 0 spiro atoms.